The van der Waals surface area contributed by atoms with Crippen molar-refractivity contribution in [3.05, 3.63) is 42.0 Å². The van der Waals surface area contributed by atoms with Gasteiger partial charge in [-0.3, -0.25) is 0 Å². The molecule has 0 radical (unpaired) electrons. The van der Waals surface area contributed by atoms with Crippen LogP contribution in [-0.4, -0.2) is 53.0 Å². The van der Waals surface area contributed by atoms with Crippen molar-refractivity contribution in [3.63, 3.8) is 0 Å². The lowest BCUT2D eigenvalue weighted by molar-refractivity contribution is 0.247. The average Bonchev–Trinajstić information content (AvgIpc) is 3.35. The fourth-order valence-corrected chi connectivity index (χ4v) is 4.42. The summed E-state index contributed by atoms with van der Waals surface area (Å²) in [5.41, 5.74) is 5.64. The van der Waals surface area contributed by atoms with Crippen molar-refractivity contribution < 1.29 is 9.74 Å². The fraction of sp³-hybridized carbons (Fsp3) is 0.429. The third-order valence-electron chi connectivity index (χ3n) is 5.85. The van der Waals surface area contributed by atoms with E-state index in [1.165, 1.54) is 32.5 Å². The molecule has 0 unspecified atom stereocenters. The lowest BCUT2D eigenvalue weighted by atomic mass is 9.95. The Kier molecular flexibility index (Phi) is 4.30. The number of aliphatic hydroxyl groups excluding tert-OH is 1. The molecule has 1 N–H and O–H groups in total. The van der Waals surface area contributed by atoms with E-state index >= 15 is 0 Å². The predicted octanol–water partition coefficient (Wildman–Crippen LogP) is 2.91. The third-order valence-corrected chi connectivity index (χ3v) is 5.85. The molecule has 27 heavy (non-hydrogen) atoms. The fourth-order valence-electron chi connectivity index (χ4n) is 4.42. The maximum atomic E-state index is 9.70. The molecule has 2 aliphatic rings. The smallest absolute Gasteiger partial charge is 0.158 e. The number of aliphatic hydroxyl groups is 1. The third kappa shape index (κ3) is 3.09. The molecule has 0 atom stereocenters. The summed E-state index contributed by atoms with van der Waals surface area (Å²) in [5, 5.41) is 17.9. The molecule has 0 amide bonds. The Balaban J connectivity index is 1.43. The van der Waals surface area contributed by atoms with E-state index in [2.05, 4.69) is 26.2 Å². The highest BCUT2D eigenvalue weighted by Gasteiger charge is 2.31. The largest absolute Gasteiger partial charge is 0.392 e. The summed E-state index contributed by atoms with van der Waals surface area (Å²) in [7, 11) is 0. The van der Waals surface area contributed by atoms with Crippen LogP contribution in [0.3, 0.4) is 0 Å². The standard InChI is InChI=1S/C21H24N4O2/c26-14-16-5-1-2-6-18(16)17-9-19-21(23-27-22-19)20(10-17)25-12-15(13-25)11-24-7-3-4-8-24/h1-2,5-6,9-10,15,26H,3-4,7-8,11-14H2. The van der Waals surface area contributed by atoms with Gasteiger partial charge in [0, 0.05) is 25.6 Å². The van der Waals surface area contributed by atoms with Crippen LogP contribution in [0.4, 0.5) is 5.69 Å². The van der Waals surface area contributed by atoms with Gasteiger partial charge in [-0.2, -0.15) is 0 Å². The zero-order chi connectivity index (χ0) is 18.2. The van der Waals surface area contributed by atoms with Crippen LogP contribution in [0.1, 0.15) is 18.4 Å². The van der Waals surface area contributed by atoms with Crippen molar-refractivity contribution >= 4 is 16.7 Å². The maximum absolute atomic E-state index is 9.70. The molecule has 3 aromatic rings. The molecule has 6 heteroatoms. The molecule has 3 heterocycles. The molecule has 140 valence electrons. The van der Waals surface area contributed by atoms with E-state index in [0.29, 0.717) is 5.92 Å². The molecule has 2 aromatic carbocycles. The van der Waals surface area contributed by atoms with Gasteiger partial charge in [0.2, 0.25) is 0 Å². The minimum atomic E-state index is 0.0161. The number of fused-ring (bicyclic) bond motifs is 1. The molecule has 5 rings (SSSR count). The van der Waals surface area contributed by atoms with E-state index < -0.39 is 0 Å². The average molecular weight is 364 g/mol. The quantitative estimate of drug-likeness (QED) is 0.751. The van der Waals surface area contributed by atoms with Crippen LogP contribution >= 0.6 is 0 Å². The minimum Gasteiger partial charge on any atom is -0.392 e. The van der Waals surface area contributed by atoms with Crippen molar-refractivity contribution in [2.45, 2.75) is 19.4 Å². The number of anilines is 1. The zero-order valence-corrected chi connectivity index (χ0v) is 15.3. The lowest BCUT2D eigenvalue weighted by Crippen LogP contribution is -2.51. The van der Waals surface area contributed by atoms with Crippen LogP contribution in [0.2, 0.25) is 0 Å². The topological polar surface area (TPSA) is 65.6 Å². The lowest BCUT2D eigenvalue weighted by Gasteiger charge is -2.42. The second-order valence-corrected chi connectivity index (χ2v) is 7.72. The van der Waals surface area contributed by atoms with Gasteiger partial charge in [0.1, 0.15) is 5.52 Å². The van der Waals surface area contributed by atoms with Gasteiger partial charge in [-0.25, -0.2) is 4.63 Å². The molecule has 6 nitrogen and oxygen atoms in total. The Bertz CT molecular complexity index is 942. The minimum absolute atomic E-state index is 0.0161. The Morgan fingerprint density at radius 2 is 1.89 bits per heavy atom. The Labute approximate surface area is 158 Å². The van der Waals surface area contributed by atoms with Crippen LogP contribution in [0.25, 0.3) is 22.2 Å². The molecule has 0 aliphatic carbocycles. The van der Waals surface area contributed by atoms with Crippen molar-refractivity contribution in [2.75, 3.05) is 37.6 Å². The van der Waals surface area contributed by atoms with Crippen LogP contribution in [0, 0.1) is 5.92 Å². The Morgan fingerprint density at radius 1 is 1.07 bits per heavy atom. The van der Waals surface area contributed by atoms with E-state index in [1.807, 2.05) is 30.3 Å². The monoisotopic (exact) mass is 364 g/mol. The molecular formula is C21H24N4O2. The van der Waals surface area contributed by atoms with E-state index in [-0.39, 0.29) is 6.61 Å². The summed E-state index contributed by atoms with van der Waals surface area (Å²) in [6.45, 7) is 5.81. The van der Waals surface area contributed by atoms with E-state index in [0.717, 1.165) is 46.5 Å². The van der Waals surface area contributed by atoms with Crippen LogP contribution in [0.5, 0.6) is 0 Å². The van der Waals surface area contributed by atoms with Crippen LogP contribution in [0.15, 0.2) is 41.0 Å². The van der Waals surface area contributed by atoms with Crippen molar-refractivity contribution in [1.82, 2.24) is 15.2 Å². The number of nitrogens with zero attached hydrogens (tertiary/aromatic N) is 4. The van der Waals surface area contributed by atoms with Gasteiger partial charge in [-0.15, -0.1) is 0 Å². The molecule has 2 saturated heterocycles. The SMILES string of the molecule is OCc1ccccc1-c1cc(N2CC(CN3CCCC3)C2)c2nonc2c1. The molecular weight excluding hydrogens is 340 g/mol. The van der Waals surface area contributed by atoms with Gasteiger partial charge >= 0.3 is 0 Å². The highest BCUT2D eigenvalue weighted by atomic mass is 16.6. The molecule has 0 bridgehead atoms. The first kappa shape index (κ1) is 16.7. The van der Waals surface area contributed by atoms with Gasteiger partial charge in [0.05, 0.1) is 12.3 Å². The number of hydrogen-bond acceptors (Lipinski definition) is 6. The van der Waals surface area contributed by atoms with Crippen LogP contribution in [-0.2, 0) is 6.61 Å². The molecule has 0 saturated carbocycles. The van der Waals surface area contributed by atoms with Gasteiger partial charge in [-0.1, -0.05) is 24.3 Å². The maximum Gasteiger partial charge on any atom is 0.158 e. The second-order valence-electron chi connectivity index (χ2n) is 7.72. The Morgan fingerprint density at radius 3 is 2.70 bits per heavy atom. The van der Waals surface area contributed by atoms with Gasteiger partial charge in [0.25, 0.3) is 0 Å². The van der Waals surface area contributed by atoms with E-state index in [1.54, 1.807) is 0 Å². The number of likely N-dealkylation sites (tertiary alicyclic amines) is 1. The first-order valence-electron chi connectivity index (χ1n) is 9.74. The summed E-state index contributed by atoms with van der Waals surface area (Å²) < 4.78 is 5.02. The number of rotatable bonds is 5. The summed E-state index contributed by atoms with van der Waals surface area (Å²) in [4.78, 5) is 4.96. The number of aromatic nitrogens is 2. The van der Waals surface area contributed by atoms with Gasteiger partial charge in [0.15, 0.2) is 5.52 Å². The summed E-state index contributed by atoms with van der Waals surface area (Å²) >= 11 is 0. The molecule has 0 spiro atoms. The first-order chi connectivity index (χ1) is 13.3. The van der Waals surface area contributed by atoms with Crippen molar-refractivity contribution in [2.24, 2.45) is 5.92 Å². The Hall–Kier alpha value is -2.44. The predicted molar refractivity (Wildman–Crippen MR) is 105 cm³/mol. The summed E-state index contributed by atoms with van der Waals surface area (Å²) in [6, 6.07) is 12.1. The molecule has 2 fully saturated rings. The highest BCUT2D eigenvalue weighted by Crippen LogP contribution is 2.36. The normalized spacial score (nSPS) is 18.3. The zero-order valence-electron chi connectivity index (χ0n) is 15.3. The number of benzene rings is 2. The van der Waals surface area contributed by atoms with Crippen LogP contribution < -0.4 is 4.90 Å². The first-order valence-corrected chi connectivity index (χ1v) is 9.74. The van der Waals surface area contributed by atoms with Gasteiger partial charge in [-0.05, 0) is 65.1 Å². The highest BCUT2D eigenvalue weighted by molar-refractivity contribution is 5.93. The van der Waals surface area contributed by atoms with Gasteiger partial charge < -0.3 is 14.9 Å². The van der Waals surface area contributed by atoms with Crippen molar-refractivity contribution in [1.29, 1.82) is 0 Å². The number of hydrogen-bond donors (Lipinski definition) is 1. The summed E-state index contributed by atoms with van der Waals surface area (Å²) in [6.07, 6.45) is 2.68. The van der Waals surface area contributed by atoms with E-state index in [9.17, 15) is 5.11 Å². The van der Waals surface area contributed by atoms with E-state index in [4.69, 9.17) is 4.63 Å². The van der Waals surface area contributed by atoms with Crippen molar-refractivity contribution in [3.8, 4) is 11.1 Å². The summed E-state index contributed by atoms with van der Waals surface area (Å²) in [5.74, 6) is 0.714. The molecule has 1 aromatic heterocycles. The second kappa shape index (κ2) is 6.94. The molecule has 2 aliphatic heterocycles.